The molecule has 0 aliphatic carbocycles. The van der Waals surface area contributed by atoms with Crippen molar-refractivity contribution in [3.05, 3.63) is 29.3 Å². The van der Waals surface area contributed by atoms with Gasteiger partial charge < -0.3 is 10.1 Å². The van der Waals surface area contributed by atoms with Crippen LogP contribution in [0.3, 0.4) is 0 Å². The third-order valence-corrected chi connectivity index (χ3v) is 4.29. The Morgan fingerprint density at radius 2 is 2.21 bits per heavy atom. The van der Waals surface area contributed by atoms with Gasteiger partial charge in [-0.2, -0.15) is 0 Å². The Balaban J connectivity index is 1.65. The maximum atomic E-state index is 11.7. The monoisotopic (exact) mass is 299 g/mol. The zero-order valence-corrected chi connectivity index (χ0v) is 12.3. The van der Waals surface area contributed by atoms with E-state index in [2.05, 4.69) is 5.32 Å². The summed E-state index contributed by atoms with van der Waals surface area (Å²) in [4.78, 5) is 12.8. The van der Waals surface area contributed by atoms with E-state index in [4.69, 9.17) is 16.3 Å². The molecule has 0 spiro atoms. The van der Waals surface area contributed by atoms with Gasteiger partial charge in [0.2, 0.25) is 5.91 Å². The molecule has 1 amide bonds. The van der Waals surface area contributed by atoms with Gasteiger partial charge >= 0.3 is 0 Å². The number of nitrogens with one attached hydrogen (secondary N) is 1. The molecule has 2 rings (SSSR count). The normalized spacial score (nSPS) is 19.1. The van der Waals surface area contributed by atoms with E-state index < -0.39 is 0 Å². The third kappa shape index (κ3) is 5.43. The number of carbonyl (C=O) groups excluding carboxylic acids is 1. The second-order valence-corrected chi connectivity index (χ2v) is 6.12. The Bertz CT molecular complexity index is 404. The number of thioether (sulfide) groups is 1. The quantitative estimate of drug-likeness (QED) is 0.850. The molecule has 19 heavy (non-hydrogen) atoms. The molecule has 5 heteroatoms. The van der Waals surface area contributed by atoms with E-state index in [-0.39, 0.29) is 5.91 Å². The summed E-state index contributed by atoms with van der Waals surface area (Å²) in [7, 11) is 0. The fourth-order valence-electron chi connectivity index (χ4n) is 1.96. The van der Waals surface area contributed by atoms with Crippen LogP contribution in [-0.2, 0) is 9.53 Å². The molecule has 1 aliphatic rings. The maximum Gasteiger partial charge on any atom is 0.230 e. The summed E-state index contributed by atoms with van der Waals surface area (Å²) in [5.41, 5.74) is 0. The number of ether oxygens (including phenoxy) is 1. The maximum absolute atomic E-state index is 11.7. The second-order valence-electron chi connectivity index (χ2n) is 4.63. The van der Waals surface area contributed by atoms with Gasteiger partial charge in [0.1, 0.15) is 0 Å². The van der Waals surface area contributed by atoms with Crippen molar-refractivity contribution in [3.63, 3.8) is 0 Å². The average molecular weight is 300 g/mol. The molecule has 0 radical (unpaired) electrons. The van der Waals surface area contributed by atoms with Crippen LogP contribution in [0.5, 0.6) is 0 Å². The van der Waals surface area contributed by atoms with Crippen LogP contribution in [0.1, 0.15) is 12.8 Å². The molecule has 0 saturated carbocycles. The molecule has 3 nitrogen and oxygen atoms in total. The van der Waals surface area contributed by atoms with Gasteiger partial charge in [-0.15, -0.1) is 11.8 Å². The molecule has 1 fully saturated rings. The Kier molecular flexibility index (Phi) is 6.01. The van der Waals surface area contributed by atoms with Crippen molar-refractivity contribution >= 4 is 29.3 Å². The lowest BCUT2D eigenvalue weighted by molar-refractivity contribution is -0.118. The van der Waals surface area contributed by atoms with Crippen molar-refractivity contribution in [2.24, 2.45) is 5.92 Å². The number of amides is 1. The number of hydrogen-bond donors (Lipinski definition) is 1. The van der Waals surface area contributed by atoms with E-state index in [9.17, 15) is 4.79 Å². The number of halogens is 1. The first-order chi connectivity index (χ1) is 9.24. The number of carbonyl (C=O) groups is 1. The zero-order valence-electron chi connectivity index (χ0n) is 10.7. The number of hydrogen-bond acceptors (Lipinski definition) is 3. The minimum absolute atomic E-state index is 0.0746. The van der Waals surface area contributed by atoms with Crippen LogP contribution in [0.25, 0.3) is 0 Å². The lowest BCUT2D eigenvalue weighted by Crippen LogP contribution is -2.34. The van der Waals surface area contributed by atoms with Gasteiger partial charge in [-0.05, 0) is 43.0 Å². The fraction of sp³-hybridized carbons (Fsp3) is 0.500. The summed E-state index contributed by atoms with van der Waals surface area (Å²) in [5, 5.41) is 3.68. The molecule has 1 aliphatic heterocycles. The van der Waals surface area contributed by atoms with Crippen LogP contribution in [0.15, 0.2) is 29.2 Å². The van der Waals surface area contributed by atoms with Crippen LogP contribution in [-0.4, -0.2) is 31.4 Å². The van der Waals surface area contributed by atoms with Gasteiger partial charge in [0.05, 0.1) is 12.4 Å². The molecule has 0 unspecified atom stereocenters. The van der Waals surface area contributed by atoms with Crippen molar-refractivity contribution in [1.82, 2.24) is 5.32 Å². The first kappa shape index (κ1) is 14.7. The second kappa shape index (κ2) is 7.78. The van der Waals surface area contributed by atoms with Crippen LogP contribution in [0.4, 0.5) is 0 Å². The van der Waals surface area contributed by atoms with E-state index >= 15 is 0 Å². The third-order valence-electron chi connectivity index (χ3n) is 3.03. The van der Waals surface area contributed by atoms with E-state index in [1.54, 1.807) is 0 Å². The molecule has 104 valence electrons. The molecule has 1 heterocycles. The van der Waals surface area contributed by atoms with E-state index in [1.807, 2.05) is 24.3 Å². The summed E-state index contributed by atoms with van der Waals surface area (Å²) in [6.07, 6.45) is 2.24. The van der Waals surface area contributed by atoms with Gasteiger partial charge in [0, 0.05) is 23.1 Å². The van der Waals surface area contributed by atoms with E-state index in [0.717, 1.165) is 37.5 Å². The fourth-order valence-corrected chi connectivity index (χ4v) is 2.81. The molecule has 0 bridgehead atoms. The average Bonchev–Trinajstić information content (AvgIpc) is 2.45. The predicted octanol–water partition coefficient (Wildman–Crippen LogP) is 2.97. The highest BCUT2D eigenvalue weighted by molar-refractivity contribution is 8.00. The van der Waals surface area contributed by atoms with Crippen LogP contribution in [0.2, 0.25) is 5.02 Å². The molecule has 1 atom stereocenters. The summed E-state index contributed by atoms with van der Waals surface area (Å²) in [6, 6.07) is 7.52. The highest BCUT2D eigenvalue weighted by atomic mass is 35.5. The molecular formula is C14H18ClNO2S. The lowest BCUT2D eigenvalue weighted by Gasteiger charge is -2.22. The summed E-state index contributed by atoms with van der Waals surface area (Å²) in [5.74, 6) is 0.985. The van der Waals surface area contributed by atoms with Crippen LogP contribution >= 0.6 is 23.4 Å². The standard InChI is InChI=1S/C14H18ClNO2S/c15-12-3-5-13(6-4-12)19-10-14(17)16-8-11-2-1-7-18-9-11/h3-6,11H,1-2,7-10H2,(H,16,17)/t11-/m0/s1. The summed E-state index contributed by atoms with van der Waals surface area (Å²) in [6.45, 7) is 2.35. The lowest BCUT2D eigenvalue weighted by atomic mass is 10.0. The Morgan fingerprint density at radius 3 is 2.89 bits per heavy atom. The van der Waals surface area contributed by atoms with Gasteiger partial charge in [0.25, 0.3) is 0 Å². The molecule has 1 aromatic carbocycles. The number of benzene rings is 1. The zero-order chi connectivity index (χ0) is 13.5. The summed E-state index contributed by atoms with van der Waals surface area (Å²) >= 11 is 7.33. The smallest absolute Gasteiger partial charge is 0.230 e. The van der Waals surface area contributed by atoms with Crippen molar-refractivity contribution in [1.29, 1.82) is 0 Å². The molecule has 1 N–H and O–H groups in total. The van der Waals surface area contributed by atoms with Crippen LogP contribution < -0.4 is 5.32 Å². The highest BCUT2D eigenvalue weighted by Gasteiger charge is 2.14. The topological polar surface area (TPSA) is 38.3 Å². The van der Waals surface area contributed by atoms with Crippen molar-refractivity contribution in [2.75, 3.05) is 25.5 Å². The molecule has 0 aromatic heterocycles. The highest BCUT2D eigenvalue weighted by Crippen LogP contribution is 2.20. The first-order valence-corrected chi connectivity index (χ1v) is 7.83. The molecular weight excluding hydrogens is 282 g/mol. The summed E-state index contributed by atoms with van der Waals surface area (Å²) < 4.78 is 5.39. The molecule has 1 aromatic rings. The van der Waals surface area contributed by atoms with Gasteiger partial charge in [-0.25, -0.2) is 0 Å². The Hall–Kier alpha value is -0.710. The number of rotatable bonds is 5. The van der Waals surface area contributed by atoms with Crippen LogP contribution in [0, 0.1) is 5.92 Å². The first-order valence-electron chi connectivity index (χ1n) is 6.47. The minimum Gasteiger partial charge on any atom is -0.381 e. The predicted molar refractivity (Wildman–Crippen MR) is 78.7 cm³/mol. The van der Waals surface area contributed by atoms with Crippen molar-refractivity contribution < 1.29 is 9.53 Å². The van der Waals surface area contributed by atoms with E-state index in [1.165, 1.54) is 11.8 Å². The van der Waals surface area contributed by atoms with E-state index in [0.29, 0.717) is 16.7 Å². The minimum atomic E-state index is 0.0746. The van der Waals surface area contributed by atoms with Gasteiger partial charge in [0.15, 0.2) is 0 Å². The van der Waals surface area contributed by atoms with Gasteiger partial charge in [-0.3, -0.25) is 4.79 Å². The van der Waals surface area contributed by atoms with Crippen molar-refractivity contribution in [3.8, 4) is 0 Å². The largest absolute Gasteiger partial charge is 0.381 e. The van der Waals surface area contributed by atoms with Crippen molar-refractivity contribution in [2.45, 2.75) is 17.7 Å². The Morgan fingerprint density at radius 1 is 1.42 bits per heavy atom. The van der Waals surface area contributed by atoms with Gasteiger partial charge in [-0.1, -0.05) is 11.6 Å². The Labute approximate surface area is 123 Å². The SMILES string of the molecule is O=C(CSc1ccc(Cl)cc1)NC[C@@H]1CCCOC1. The molecule has 1 saturated heterocycles.